The zero-order valence-corrected chi connectivity index (χ0v) is 10.9. The molecular formula is C13H22N2O3. The largest absolute Gasteiger partial charge is 0.480 e. The first-order chi connectivity index (χ1) is 8.59. The molecule has 18 heavy (non-hydrogen) atoms. The Morgan fingerprint density at radius 2 is 2.22 bits per heavy atom. The summed E-state index contributed by atoms with van der Waals surface area (Å²) in [5.41, 5.74) is 1.42. The molecule has 5 heteroatoms. The van der Waals surface area contributed by atoms with Gasteiger partial charge in [-0.15, -0.1) is 0 Å². The van der Waals surface area contributed by atoms with Crippen LogP contribution in [0.15, 0.2) is 11.6 Å². The van der Waals surface area contributed by atoms with Gasteiger partial charge in [-0.05, 0) is 39.0 Å². The van der Waals surface area contributed by atoms with Crippen molar-refractivity contribution in [1.29, 1.82) is 0 Å². The van der Waals surface area contributed by atoms with Crippen LogP contribution in [-0.2, 0) is 9.59 Å². The zero-order valence-electron chi connectivity index (χ0n) is 10.9. The van der Waals surface area contributed by atoms with Crippen molar-refractivity contribution in [3.63, 3.8) is 0 Å². The highest BCUT2D eigenvalue weighted by Gasteiger charge is 2.11. The third-order valence-electron chi connectivity index (χ3n) is 3.09. The van der Waals surface area contributed by atoms with Crippen molar-refractivity contribution in [2.45, 2.75) is 45.1 Å². The monoisotopic (exact) mass is 254 g/mol. The summed E-state index contributed by atoms with van der Waals surface area (Å²) < 4.78 is 0. The van der Waals surface area contributed by atoms with Crippen molar-refractivity contribution < 1.29 is 14.7 Å². The molecule has 0 aromatic heterocycles. The summed E-state index contributed by atoms with van der Waals surface area (Å²) in [7, 11) is 0. The molecule has 5 nitrogen and oxygen atoms in total. The Bertz CT molecular complexity index is 326. The van der Waals surface area contributed by atoms with Gasteiger partial charge in [0.05, 0.1) is 6.54 Å². The van der Waals surface area contributed by atoms with Gasteiger partial charge < -0.3 is 10.4 Å². The minimum atomic E-state index is -0.949. The molecule has 0 fully saturated rings. The summed E-state index contributed by atoms with van der Waals surface area (Å²) in [5.74, 6) is -1.10. The predicted molar refractivity (Wildman–Crippen MR) is 69.3 cm³/mol. The Hall–Kier alpha value is -1.36. The van der Waals surface area contributed by atoms with Gasteiger partial charge in [0.25, 0.3) is 0 Å². The molecule has 1 aliphatic rings. The molecule has 1 atom stereocenters. The molecule has 0 saturated heterocycles. The van der Waals surface area contributed by atoms with Crippen LogP contribution < -0.4 is 10.6 Å². The van der Waals surface area contributed by atoms with Crippen LogP contribution in [0, 0.1) is 0 Å². The molecule has 0 radical (unpaired) electrons. The van der Waals surface area contributed by atoms with E-state index in [2.05, 4.69) is 16.7 Å². The smallest absolute Gasteiger partial charge is 0.320 e. The topological polar surface area (TPSA) is 78.4 Å². The van der Waals surface area contributed by atoms with Gasteiger partial charge in [-0.25, -0.2) is 0 Å². The number of hydrogen-bond acceptors (Lipinski definition) is 3. The van der Waals surface area contributed by atoms with Crippen LogP contribution in [-0.4, -0.2) is 36.1 Å². The van der Waals surface area contributed by atoms with Crippen molar-refractivity contribution in [2.75, 3.05) is 13.1 Å². The Balaban J connectivity index is 2.09. The third kappa shape index (κ3) is 5.82. The summed E-state index contributed by atoms with van der Waals surface area (Å²) in [6, 6.07) is -0.697. The molecule has 1 aliphatic carbocycles. The fourth-order valence-corrected chi connectivity index (χ4v) is 1.89. The molecule has 102 valence electrons. The van der Waals surface area contributed by atoms with Crippen LogP contribution in [0.25, 0.3) is 0 Å². The molecular weight excluding hydrogens is 232 g/mol. The van der Waals surface area contributed by atoms with E-state index in [1.54, 1.807) is 0 Å². The van der Waals surface area contributed by atoms with E-state index in [1.165, 1.54) is 25.3 Å². The Labute approximate surface area is 108 Å². The molecule has 0 heterocycles. The highest BCUT2D eigenvalue weighted by Crippen LogP contribution is 2.19. The van der Waals surface area contributed by atoms with Gasteiger partial charge in [-0.2, -0.15) is 0 Å². The molecule has 0 saturated carbocycles. The van der Waals surface area contributed by atoms with E-state index in [1.807, 2.05) is 0 Å². The van der Waals surface area contributed by atoms with Crippen LogP contribution >= 0.6 is 0 Å². The molecule has 1 unspecified atom stereocenters. The van der Waals surface area contributed by atoms with Crippen LogP contribution in [0.4, 0.5) is 0 Å². The maximum Gasteiger partial charge on any atom is 0.320 e. The second kappa shape index (κ2) is 7.87. The molecule has 0 bridgehead atoms. The van der Waals surface area contributed by atoms with Gasteiger partial charge >= 0.3 is 5.97 Å². The third-order valence-corrected chi connectivity index (χ3v) is 3.09. The fourth-order valence-electron chi connectivity index (χ4n) is 1.89. The van der Waals surface area contributed by atoms with E-state index in [-0.39, 0.29) is 12.5 Å². The van der Waals surface area contributed by atoms with Crippen molar-refractivity contribution in [3.05, 3.63) is 11.6 Å². The summed E-state index contributed by atoms with van der Waals surface area (Å²) in [4.78, 5) is 22.0. The van der Waals surface area contributed by atoms with E-state index in [9.17, 15) is 9.59 Å². The highest BCUT2D eigenvalue weighted by molar-refractivity contribution is 5.79. The van der Waals surface area contributed by atoms with Crippen LogP contribution in [0.2, 0.25) is 0 Å². The molecule has 1 rings (SSSR count). The minimum Gasteiger partial charge on any atom is -0.480 e. The highest BCUT2D eigenvalue weighted by atomic mass is 16.4. The fraction of sp³-hybridized carbons (Fsp3) is 0.692. The first-order valence-corrected chi connectivity index (χ1v) is 6.50. The summed E-state index contributed by atoms with van der Waals surface area (Å²) >= 11 is 0. The Morgan fingerprint density at radius 1 is 1.44 bits per heavy atom. The van der Waals surface area contributed by atoms with Gasteiger partial charge in [0, 0.05) is 6.54 Å². The molecule has 0 aromatic carbocycles. The molecule has 1 amide bonds. The molecule has 0 spiro atoms. The van der Waals surface area contributed by atoms with Crippen LogP contribution in [0.5, 0.6) is 0 Å². The van der Waals surface area contributed by atoms with Crippen molar-refractivity contribution in [3.8, 4) is 0 Å². The van der Waals surface area contributed by atoms with Crippen molar-refractivity contribution >= 4 is 11.9 Å². The lowest BCUT2D eigenvalue weighted by Gasteiger charge is -2.13. The first-order valence-electron chi connectivity index (χ1n) is 6.50. The number of carbonyl (C=O) groups excluding carboxylic acids is 1. The lowest BCUT2D eigenvalue weighted by molar-refractivity contribution is -0.139. The standard InChI is InChI=1S/C13H22N2O3/c1-10(13(17)18)15-9-12(16)14-8-7-11-5-3-2-4-6-11/h5,10,15H,2-4,6-9H2,1H3,(H,14,16)(H,17,18). The van der Waals surface area contributed by atoms with Gasteiger partial charge in [-0.3, -0.25) is 14.9 Å². The molecule has 3 N–H and O–H groups in total. The molecule has 0 aromatic rings. The van der Waals surface area contributed by atoms with E-state index >= 15 is 0 Å². The number of amides is 1. The van der Waals surface area contributed by atoms with E-state index in [0.29, 0.717) is 6.54 Å². The second-order valence-corrected chi connectivity index (χ2v) is 4.65. The number of hydrogen-bond donors (Lipinski definition) is 3. The maximum atomic E-state index is 11.4. The van der Waals surface area contributed by atoms with Gasteiger partial charge in [0.15, 0.2) is 0 Å². The summed E-state index contributed by atoms with van der Waals surface area (Å²) in [5, 5.41) is 14.1. The van der Waals surface area contributed by atoms with Crippen LogP contribution in [0.1, 0.15) is 39.0 Å². The number of aliphatic carboxylic acids is 1. The minimum absolute atomic E-state index is 0.0481. The van der Waals surface area contributed by atoms with Crippen molar-refractivity contribution in [2.24, 2.45) is 0 Å². The number of carbonyl (C=O) groups is 2. The summed E-state index contributed by atoms with van der Waals surface area (Å²) in [6.45, 7) is 2.20. The van der Waals surface area contributed by atoms with E-state index < -0.39 is 12.0 Å². The van der Waals surface area contributed by atoms with Gasteiger partial charge in [0.2, 0.25) is 5.91 Å². The normalized spacial score (nSPS) is 16.8. The SMILES string of the molecule is CC(NCC(=O)NCCC1=CCCCC1)C(=O)O. The maximum absolute atomic E-state index is 11.4. The average molecular weight is 254 g/mol. The second-order valence-electron chi connectivity index (χ2n) is 4.65. The number of carboxylic acids is 1. The average Bonchev–Trinajstić information content (AvgIpc) is 2.37. The Kier molecular flexibility index (Phi) is 6.43. The number of nitrogens with one attached hydrogen (secondary N) is 2. The Morgan fingerprint density at radius 3 is 2.83 bits per heavy atom. The summed E-state index contributed by atoms with van der Waals surface area (Å²) in [6.07, 6.45) is 7.98. The number of allylic oxidation sites excluding steroid dienone is 1. The predicted octanol–water partition coefficient (Wildman–Crippen LogP) is 1.06. The van der Waals surface area contributed by atoms with Crippen LogP contribution in [0.3, 0.4) is 0 Å². The quantitative estimate of drug-likeness (QED) is 0.593. The molecule has 0 aliphatic heterocycles. The number of carboxylic acid groups (broad SMARTS) is 1. The zero-order chi connectivity index (χ0) is 13.4. The lowest BCUT2D eigenvalue weighted by atomic mass is 9.97. The van der Waals surface area contributed by atoms with Crippen molar-refractivity contribution in [1.82, 2.24) is 10.6 Å². The number of rotatable bonds is 7. The lowest BCUT2D eigenvalue weighted by Crippen LogP contribution is -2.41. The first kappa shape index (κ1) is 14.7. The van der Waals surface area contributed by atoms with Gasteiger partial charge in [-0.1, -0.05) is 11.6 Å². The van der Waals surface area contributed by atoms with E-state index in [4.69, 9.17) is 5.11 Å². The van der Waals surface area contributed by atoms with E-state index in [0.717, 1.165) is 19.3 Å². The van der Waals surface area contributed by atoms with Gasteiger partial charge in [0.1, 0.15) is 6.04 Å².